The molecule has 4 rings (SSSR count). The van der Waals surface area contributed by atoms with E-state index in [9.17, 15) is 9.00 Å². The summed E-state index contributed by atoms with van der Waals surface area (Å²) in [4.78, 5) is 15.9. The molecular weight excluding hydrogens is 398 g/mol. The zero-order chi connectivity index (χ0) is 21.6. The van der Waals surface area contributed by atoms with Crippen LogP contribution in [0.5, 0.6) is 5.75 Å². The minimum atomic E-state index is -1.09. The molecule has 1 aromatic heterocycles. The number of carbonyl (C=O) groups excluding carboxylic acids is 1. The lowest BCUT2D eigenvalue weighted by atomic mass is 9.85. The highest BCUT2D eigenvalue weighted by molar-refractivity contribution is 7.84. The Labute approximate surface area is 178 Å². The molecule has 2 aromatic carbocycles. The van der Waals surface area contributed by atoms with E-state index in [0.29, 0.717) is 16.3 Å². The minimum Gasteiger partial charge on any atom is -0.496 e. The van der Waals surface area contributed by atoms with Crippen LogP contribution in [0, 0.1) is 0 Å². The second kappa shape index (κ2) is 7.40. The summed E-state index contributed by atoms with van der Waals surface area (Å²) in [6.45, 7) is 6.29. The number of aromatic nitrogens is 2. The minimum absolute atomic E-state index is 0.168. The highest BCUT2D eigenvalue weighted by Crippen LogP contribution is 2.47. The van der Waals surface area contributed by atoms with Gasteiger partial charge in [-0.3, -0.25) is 19.0 Å². The second-order valence-corrected chi connectivity index (χ2v) is 9.76. The number of para-hydroxylation sites is 1. The highest BCUT2D eigenvalue weighted by Gasteiger charge is 2.45. The Balaban J connectivity index is 1.94. The van der Waals surface area contributed by atoms with Gasteiger partial charge in [0, 0.05) is 49.9 Å². The van der Waals surface area contributed by atoms with Gasteiger partial charge < -0.3 is 4.74 Å². The zero-order valence-corrected chi connectivity index (χ0v) is 18.5. The average molecular weight is 424 g/mol. The number of nitrogens with one attached hydrogen (secondary N) is 1. The molecule has 6 nitrogen and oxygen atoms in total. The van der Waals surface area contributed by atoms with Crippen LogP contribution in [0.25, 0.3) is 0 Å². The number of nitrogens with zero attached hydrogens (tertiary/aromatic N) is 2. The van der Waals surface area contributed by atoms with E-state index in [4.69, 9.17) is 4.74 Å². The Kier molecular flexibility index (Phi) is 5.02. The molecular formula is C23H25N3O3S. The van der Waals surface area contributed by atoms with Crippen LogP contribution in [0.15, 0.2) is 53.4 Å². The van der Waals surface area contributed by atoms with Gasteiger partial charge >= 0.3 is 0 Å². The number of rotatable bonds is 4. The summed E-state index contributed by atoms with van der Waals surface area (Å²) >= 11 is 0. The summed E-state index contributed by atoms with van der Waals surface area (Å²) in [5.41, 5.74) is 3.62. The summed E-state index contributed by atoms with van der Waals surface area (Å²) in [6.07, 6.45) is 1.64. The van der Waals surface area contributed by atoms with Crippen LogP contribution in [-0.4, -0.2) is 33.7 Å². The predicted octanol–water partition coefficient (Wildman–Crippen LogP) is 4.20. The molecule has 2 heterocycles. The van der Waals surface area contributed by atoms with E-state index >= 15 is 0 Å². The van der Waals surface area contributed by atoms with Gasteiger partial charge in [-0.2, -0.15) is 5.10 Å². The number of aromatic amines is 1. The Morgan fingerprint density at radius 2 is 1.77 bits per heavy atom. The fourth-order valence-electron chi connectivity index (χ4n) is 3.96. The number of anilines is 1. The maximum atomic E-state index is 13.5. The van der Waals surface area contributed by atoms with Gasteiger partial charge in [0.1, 0.15) is 5.75 Å². The Hall–Kier alpha value is -2.93. The summed E-state index contributed by atoms with van der Waals surface area (Å²) in [6, 6.07) is 14.6. The molecule has 0 aliphatic carbocycles. The topological polar surface area (TPSA) is 75.3 Å². The smallest absolute Gasteiger partial charge is 0.280 e. The van der Waals surface area contributed by atoms with Crippen molar-refractivity contribution >= 4 is 22.4 Å². The molecule has 3 aromatic rings. The molecule has 2 unspecified atom stereocenters. The molecule has 0 spiro atoms. The van der Waals surface area contributed by atoms with Crippen LogP contribution in [-0.2, 0) is 16.2 Å². The van der Waals surface area contributed by atoms with E-state index in [1.807, 2.05) is 36.4 Å². The standard InChI is InChI=1S/C23H25N3O3S/c1-23(2,3)21-18-19(24-25-21)22(27)26(14-10-12-15(13-11-14)30(5)28)20(18)16-8-6-7-9-17(16)29-4/h6-13,20H,1-5H3,(H,24,25). The van der Waals surface area contributed by atoms with E-state index in [2.05, 4.69) is 31.0 Å². The molecule has 156 valence electrons. The normalized spacial score (nSPS) is 17.2. The van der Waals surface area contributed by atoms with Gasteiger partial charge in [-0.05, 0) is 30.3 Å². The Morgan fingerprint density at radius 3 is 2.37 bits per heavy atom. The first kappa shape index (κ1) is 20.3. The van der Waals surface area contributed by atoms with Crippen molar-refractivity contribution in [3.8, 4) is 5.75 Å². The van der Waals surface area contributed by atoms with Crippen molar-refractivity contribution in [2.45, 2.75) is 37.1 Å². The summed E-state index contributed by atoms with van der Waals surface area (Å²) in [7, 11) is 0.545. The van der Waals surface area contributed by atoms with Gasteiger partial charge in [0.2, 0.25) is 0 Å². The quantitative estimate of drug-likeness (QED) is 0.682. The molecule has 0 saturated heterocycles. The van der Waals surface area contributed by atoms with Gasteiger partial charge in [-0.15, -0.1) is 0 Å². The fourth-order valence-corrected chi connectivity index (χ4v) is 4.48. The monoisotopic (exact) mass is 423 g/mol. The van der Waals surface area contributed by atoms with E-state index in [-0.39, 0.29) is 17.4 Å². The van der Waals surface area contributed by atoms with Gasteiger partial charge in [0.15, 0.2) is 5.69 Å². The van der Waals surface area contributed by atoms with E-state index in [1.165, 1.54) is 0 Å². The van der Waals surface area contributed by atoms with E-state index in [1.54, 1.807) is 30.4 Å². The lowest BCUT2D eigenvalue weighted by Crippen LogP contribution is -2.30. The summed E-state index contributed by atoms with van der Waals surface area (Å²) in [5, 5.41) is 7.49. The Morgan fingerprint density at radius 1 is 1.10 bits per heavy atom. The van der Waals surface area contributed by atoms with Crippen molar-refractivity contribution in [1.82, 2.24) is 10.2 Å². The molecule has 1 N–H and O–H groups in total. The molecule has 0 saturated carbocycles. The second-order valence-electron chi connectivity index (χ2n) is 8.38. The van der Waals surface area contributed by atoms with Crippen LogP contribution in [0.3, 0.4) is 0 Å². The first-order chi connectivity index (χ1) is 14.2. The first-order valence-corrected chi connectivity index (χ1v) is 11.3. The van der Waals surface area contributed by atoms with Crippen LogP contribution in [0.1, 0.15) is 54.1 Å². The average Bonchev–Trinajstić information content (AvgIpc) is 3.27. The number of methoxy groups -OCH3 is 1. The number of H-pyrrole nitrogens is 1. The van der Waals surface area contributed by atoms with Crippen molar-refractivity contribution in [3.63, 3.8) is 0 Å². The molecule has 1 amide bonds. The van der Waals surface area contributed by atoms with Crippen molar-refractivity contribution in [2.24, 2.45) is 0 Å². The van der Waals surface area contributed by atoms with Crippen molar-refractivity contribution < 1.29 is 13.7 Å². The van der Waals surface area contributed by atoms with E-state index < -0.39 is 10.8 Å². The van der Waals surface area contributed by atoms with Crippen LogP contribution in [0.4, 0.5) is 5.69 Å². The molecule has 0 bridgehead atoms. The third-order valence-corrected chi connectivity index (χ3v) is 6.32. The van der Waals surface area contributed by atoms with Gasteiger partial charge in [0.05, 0.1) is 13.2 Å². The predicted molar refractivity (Wildman–Crippen MR) is 118 cm³/mol. The SMILES string of the molecule is COc1ccccc1C1c2c(n[nH]c2C(C)(C)C)C(=O)N1c1ccc(S(C)=O)cc1. The van der Waals surface area contributed by atoms with Crippen molar-refractivity contribution in [3.05, 3.63) is 71.0 Å². The van der Waals surface area contributed by atoms with Crippen molar-refractivity contribution in [2.75, 3.05) is 18.3 Å². The summed E-state index contributed by atoms with van der Waals surface area (Å²) < 4.78 is 17.4. The number of hydrogen-bond acceptors (Lipinski definition) is 4. The molecule has 7 heteroatoms. The zero-order valence-electron chi connectivity index (χ0n) is 17.7. The van der Waals surface area contributed by atoms with Gasteiger partial charge in [0.25, 0.3) is 5.91 Å². The van der Waals surface area contributed by atoms with Crippen LogP contribution >= 0.6 is 0 Å². The first-order valence-electron chi connectivity index (χ1n) is 9.72. The molecule has 1 aliphatic heterocycles. The largest absolute Gasteiger partial charge is 0.496 e. The maximum absolute atomic E-state index is 13.5. The Bertz CT molecular complexity index is 1130. The molecule has 30 heavy (non-hydrogen) atoms. The molecule has 2 atom stereocenters. The van der Waals surface area contributed by atoms with E-state index in [0.717, 1.165) is 22.5 Å². The number of carbonyl (C=O) groups is 1. The number of ether oxygens (including phenoxy) is 1. The lowest BCUT2D eigenvalue weighted by molar-refractivity contribution is 0.0988. The molecule has 0 radical (unpaired) electrons. The number of benzene rings is 2. The van der Waals surface area contributed by atoms with Crippen molar-refractivity contribution in [1.29, 1.82) is 0 Å². The molecule has 1 aliphatic rings. The number of hydrogen-bond donors (Lipinski definition) is 1. The van der Waals surface area contributed by atoms with Gasteiger partial charge in [-0.1, -0.05) is 39.0 Å². The van der Waals surface area contributed by atoms with Crippen LogP contribution < -0.4 is 9.64 Å². The number of amides is 1. The van der Waals surface area contributed by atoms with Crippen LogP contribution in [0.2, 0.25) is 0 Å². The maximum Gasteiger partial charge on any atom is 0.280 e. The number of fused-ring (bicyclic) bond motifs is 1. The molecule has 0 fully saturated rings. The lowest BCUT2D eigenvalue weighted by Gasteiger charge is -2.29. The van der Waals surface area contributed by atoms with Gasteiger partial charge in [-0.25, -0.2) is 0 Å². The third kappa shape index (κ3) is 3.23. The highest BCUT2D eigenvalue weighted by atomic mass is 32.2. The third-order valence-electron chi connectivity index (χ3n) is 5.39. The fraction of sp³-hybridized carbons (Fsp3) is 0.304. The summed E-state index contributed by atoms with van der Waals surface area (Å²) in [5.74, 6) is 0.540.